The van der Waals surface area contributed by atoms with E-state index >= 15 is 0 Å². The SMILES string of the molecule is C=C(C)Nc1nc2ccc(/C=C/C)cc2[nH]1. The quantitative estimate of drug-likeness (QED) is 0.818. The number of nitrogens with zero attached hydrogens (tertiary/aromatic N) is 1. The zero-order valence-corrected chi connectivity index (χ0v) is 9.54. The topological polar surface area (TPSA) is 40.7 Å². The van der Waals surface area contributed by atoms with Gasteiger partial charge in [0.1, 0.15) is 0 Å². The number of hydrogen-bond acceptors (Lipinski definition) is 2. The van der Waals surface area contributed by atoms with Gasteiger partial charge in [0.2, 0.25) is 5.95 Å². The van der Waals surface area contributed by atoms with Crippen LogP contribution in [0, 0.1) is 0 Å². The number of nitrogens with one attached hydrogen (secondary N) is 2. The molecule has 0 fully saturated rings. The normalized spacial score (nSPS) is 11.1. The first-order valence-electron chi connectivity index (χ1n) is 5.24. The van der Waals surface area contributed by atoms with Crippen LogP contribution in [0.5, 0.6) is 0 Å². The molecule has 2 aromatic rings. The number of hydrogen-bond donors (Lipinski definition) is 2. The largest absolute Gasteiger partial charge is 0.330 e. The van der Waals surface area contributed by atoms with Gasteiger partial charge in [-0.2, -0.15) is 0 Å². The van der Waals surface area contributed by atoms with Crippen LogP contribution in [-0.4, -0.2) is 9.97 Å². The van der Waals surface area contributed by atoms with Crippen molar-refractivity contribution >= 4 is 23.1 Å². The smallest absolute Gasteiger partial charge is 0.205 e. The van der Waals surface area contributed by atoms with E-state index in [1.807, 2.05) is 32.1 Å². The fourth-order valence-corrected chi connectivity index (χ4v) is 1.58. The number of anilines is 1. The number of aromatic nitrogens is 2. The van der Waals surface area contributed by atoms with E-state index in [1.165, 1.54) is 5.56 Å². The van der Waals surface area contributed by atoms with Crippen molar-refractivity contribution in [3.63, 3.8) is 0 Å². The summed E-state index contributed by atoms with van der Waals surface area (Å²) < 4.78 is 0. The van der Waals surface area contributed by atoms with Gasteiger partial charge in [-0.25, -0.2) is 4.98 Å². The van der Waals surface area contributed by atoms with Crippen LogP contribution in [0.3, 0.4) is 0 Å². The van der Waals surface area contributed by atoms with E-state index in [4.69, 9.17) is 0 Å². The van der Waals surface area contributed by atoms with Crippen LogP contribution in [0.2, 0.25) is 0 Å². The molecule has 0 spiro atoms. The summed E-state index contributed by atoms with van der Waals surface area (Å²) >= 11 is 0. The average molecular weight is 213 g/mol. The highest BCUT2D eigenvalue weighted by Gasteiger charge is 2.02. The lowest BCUT2D eigenvalue weighted by atomic mass is 10.2. The Morgan fingerprint density at radius 2 is 2.31 bits per heavy atom. The van der Waals surface area contributed by atoms with E-state index in [0.717, 1.165) is 22.7 Å². The molecule has 3 heteroatoms. The Labute approximate surface area is 94.9 Å². The van der Waals surface area contributed by atoms with Gasteiger partial charge >= 0.3 is 0 Å². The zero-order chi connectivity index (χ0) is 11.5. The molecule has 1 aromatic heterocycles. The maximum atomic E-state index is 4.40. The minimum absolute atomic E-state index is 0.736. The van der Waals surface area contributed by atoms with Crippen molar-refractivity contribution in [3.05, 3.63) is 42.1 Å². The van der Waals surface area contributed by atoms with Gasteiger partial charge in [-0.05, 0) is 31.5 Å². The molecule has 0 aliphatic heterocycles. The van der Waals surface area contributed by atoms with E-state index < -0.39 is 0 Å². The Hall–Kier alpha value is -2.03. The third kappa shape index (κ3) is 2.14. The molecule has 0 radical (unpaired) electrons. The van der Waals surface area contributed by atoms with Gasteiger partial charge in [-0.15, -0.1) is 0 Å². The van der Waals surface area contributed by atoms with Gasteiger partial charge in [0, 0.05) is 5.70 Å². The van der Waals surface area contributed by atoms with Gasteiger partial charge in [-0.1, -0.05) is 24.8 Å². The summed E-state index contributed by atoms with van der Waals surface area (Å²) in [5.74, 6) is 0.736. The first-order chi connectivity index (χ1) is 7.69. The fourth-order valence-electron chi connectivity index (χ4n) is 1.58. The summed E-state index contributed by atoms with van der Waals surface area (Å²) in [5.41, 5.74) is 4.02. The highest BCUT2D eigenvalue weighted by atomic mass is 15.1. The first-order valence-corrected chi connectivity index (χ1v) is 5.24. The molecule has 0 bridgehead atoms. The van der Waals surface area contributed by atoms with E-state index in [0.29, 0.717) is 0 Å². The van der Waals surface area contributed by atoms with E-state index in [1.54, 1.807) is 0 Å². The molecule has 0 saturated carbocycles. The Bertz CT molecular complexity index is 549. The second-order valence-corrected chi connectivity index (χ2v) is 3.77. The van der Waals surface area contributed by atoms with Gasteiger partial charge < -0.3 is 10.3 Å². The molecule has 3 nitrogen and oxygen atoms in total. The van der Waals surface area contributed by atoms with Gasteiger partial charge in [0.25, 0.3) is 0 Å². The zero-order valence-electron chi connectivity index (χ0n) is 9.54. The Balaban J connectivity index is 2.41. The number of allylic oxidation sites excluding steroid dienone is 2. The number of aromatic amines is 1. The summed E-state index contributed by atoms with van der Waals surface area (Å²) in [6.07, 6.45) is 4.08. The number of rotatable bonds is 3. The summed E-state index contributed by atoms with van der Waals surface area (Å²) in [6, 6.07) is 6.13. The molecule has 0 unspecified atom stereocenters. The molecule has 0 aliphatic carbocycles. The standard InChI is InChI=1S/C13H15N3/c1-4-5-10-6-7-11-12(8-10)16-13(15-11)14-9(2)3/h4-8H,2H2,1,3H3,(H2,14,15,16)/b5-4+. The van der Waals surface area contributed by atoms with Crippen LogP contribution in [0.25, 0.3) is 17.1 Å². The lowest BCUT2D eigenvalue weighted by Gasteiger charge is -1.97. The predicted octanol–water partition coefficient (Wildman–Crippen LogP) is 3.54. The lowest BCUT2D eigenvalue weighted by molar-refractivity contribution is 1.25. The maximum Gasteiger partial charge on any atom is 0.205 e. The monoisotopic (exact) mass is 213 g/mol. The molecule has 2 N–H and O–H groups in total. The number of imidazole rings is 1. The molecule has 16 heavy (non-hydrogen) atoms. The molecule has 2 rings (SSSR count). The van der Waals surface area contributed by atoms with Crippen molar-refractivity contribution in [1.29, 1.82) is 0 Å². The third-order valence-corrected chi connectivity index (χ3v) is 2.20. The lowest BCUT2D eigenvalue weighted by Crippen LogP contribution is -1.94. The van der Waals surface area contributed by atoms with Crippen LogP contribution >= 0.6 is 0 Å². The van der Waals surface area contributed by atoms with Crippen LogP contribution in [-0.2, 0) is 0 Å². The van der Waals surface area contributed by atoms with E-state index in [9.17, 15) is 0 Å². The van der Waals surface area contributed by atoms with Crippen molar-refractivity contribution in [2.75, 3.05) is 5.32 Å². The van der Waals surface area contributed by atoms with Crippen molar-refractivity contribution in [1.82, 2.24) is 9.97 Å². The second-order valence-electron chi connectivity index (χ2n) is 3.77. The highest BCUT2D eigenvalue weighted by Crippen LogP contribution is 2.17. The molecule has 0 amide bonds. The van der Waals surface area contributed by atoms with Crippen molar-refractivity contribution in [2.45, 2.75) is 13.8 Å². The van der Waals surface area contributed by atoms with Crippen LogP contribution in [0.15, 0.2) is 36.6 Å². The Morgan fingerprint density at radius 3 is 3.00 bits per heavy atom. The molecule has 1 aromatic carbocycles. The van der Waals surface area contributed by atoms with Gasteiger partial charge in [0.05, 0.1) is 11.0 Å². The Morgan fingerprint density at radius 1 is 1.50 bits per heavy atom. The van der Waals surface area contributed by atoms with Crippen LogP contribution < -0.4 is 5.32 Å². The number of benzene rings is 1. The third-order valence-electron chi connectivity index (χ3n) is 2.20. The molecule has 1 heterocycles. The van der Waals surface area contributed by atoms with Crippen LogP contribution in [0.4, 0.5) is 5.95 Å². The summed E-state index contributed by atoms with van der Waals surface area (Å²) in [4.78, 5) is 7.61. The molecule has 82 valence electrons. The summed E-state index contributed by atoms with van der Waals surface area (Å²) in [7, 11) is 0. The fraction of sp³-hybridized carbons (Fsp3) is 0.154. The maximum absolute atomic E-state index is 4.40. The van der Waals surface area contributed by atoms with E-state index in [2.05, 4.69) is 34.0 Å². The molecule has 0 atom stereocenters. The van der Waals surface area contributed by atoms with Crippen molar-refractivity contribution in [2.24, 2.45) is 0 Å². The van der Waals surface area contributed by atoms with Gasteiger partial charge in [0.15, 0.2) is 0 Å². The molecular formula is C13H15N3. The van der Waals surface area contributed by atoms with Gasteiger partial charge in [-0.3, -0.25) is 0 Å². The summed E-state index contributed by atoms with van der Waals surface area (Å²) in [5, 5.41) is 3.07. The minimum Gasteiger partial charge on any atom is -0.330 e. The highest BCUT2D eigenvalue weighted by molar-refractivity contribution is 5.80. The molecule has 0 aliphatic rings. The molecule has 0 saturated heterocycles. The minimum atomic E-state index is 0.736. The van der Waals surface area contributed by atoms with Crippen molar-refractivity contribution < 1.29 is 0 Å². The number of fused-ring (bicyclic) bond motifs is 1. The molecular weight excluding hydrogens is 198 g/mol. The van der Waals surface area contributed by atoms with Crippen LogP contribution in [0.1, 0.15) is 19.4 Å². The van der Waals surface area contributed by atoms with E-state index in [-0.39, 0.29) is 0 Å². The Kier molecular flexibility index (Phi) is 2.77. The average Bonchev–Trinajstić information content (AvgIpc) is 2.58. The second kappa shape index (κ2) is 4.23. The summed E-state index contributed by atoms with van der Waals surface area (Å²) in [6.45, 7) is 7.69. The number of H-pyrrole nitrogens is 1. The first kappa shape index (κ1) is 10.5. The predicted molar refractivity (Wildman–Crippen MR) is 69.2 cm³/mol. The van der Waals surface area contributed by atoms with Crippen molar-refractivity contribution in [3.8, 4) is 0 Å².